The minimum atomic E-state index is -5.15. The molecule has 0 heterocycles. The first-order valence-electron chi connectivity index (χ1n) is 3.83. The molecule has 0 aromatic carbocycles. The van der Waals surface area contributed by atoms with E-state index in [1.165, 1.54) is 6.92 Å². The molecule has 2 nitrogen and oxygen atoms in total. The van der Waals surface area contributed by atoms with E-state index < -0.39 is 24.2 Å². The first kappa shape index (κ1) is 12.2. The number of halogens is 4. The Kier molecular flexibility index (Phi) is 3.69. The molecule has 0 aliphatic rings. The summed E-state index contributed by atoms with van der Waals surface area (Å²) >= 11 is 0. The molecular weight excluding hydrogens is 190 g/mol. The smallest absolute Gasteiger partial charge is 0.353 e. The maximum absolute atomic E-state index is 13.1. The van der Waals surface area contributed by atoms with Crippen molar-refractivity contribution in [2.24, 2.45) is 0 Å². The van der Waals surface area contributed by atoms with Gasteiger partial charge in [0.1, 0.15) is 0 Å². The second-order valence-corrected chi connectivity index (χ2v) is 2.51. The van der Waals surface area contributed by atoms with Crippen LogP contribution in [0.25, 0.3) is 0 Å². The summed E-state index contributed by atoms with van der Waals surface area (Å²) in [7, 11) is 0. The molecule has 1 atom stereocenters. The maximum Gasteiger partial charge on any atom is 0.431 e. The van der Waals surface area contributed by atoms with Gasteiger partial charge in [-0.3, -0.25) is 4.79 Å². The molecule has 0 radical (unpaired) electrons. The summed E-state index contributed by atoms with van der Waals surface area (Å²) in [6.07, 6.45) is -6.07. The molecule has 6 heteroatoms. The fraction of sp³-hybridized carbons (Fsp3) is 0.857. The van der Waals surface area contributed by atoms with E-state index in [4.69, 9.17) is 0 Å². The number of alkyl halides is 4. The van der Waals surface area contributed by atoms with Crippen LogP contribution in [-0.4, -0.2) is 24.3 Å². The summed E-state index contributed by atoms with van der Waals surface area (Å²) in [5.74, 6) is -1.62. The Balaban J connectivity index is 4.73. The second kappa shape index (κ2) is 3.93. The lowest BCUT2D eigenvalue weighted by molar-refractivity contribution is -0.227. The highest BCUT2D eigenvalue weighted by Crippen LogP contribution is 2.36. The van der Waals surface area contributed by atoms with Gasteiger partial charge in [-0.15, -0.1) is 0 Å². The van der Waals surface area contributed by atoms with Crippen molar-refractivity contribution in [1.82, 2.24) is 5.32 Å². The predicted molar refractivity (Wildman–Crippen MR) is 38.9 cm³/mol. The molecule has 0 aliphatic carbocycles. The topological polar surface area (TPSA) is 29.1 Å². The number of nitrogens with one attached hydrogen (secondary N) is 1. The third-order valence-corrected chi connectivity index (χ3v) is 1.63. The summed E-state index contributed by atoms with van der Waals surface area (Å²) in [4.78, 5) is 10.7. The van der Waals surface area contributed by atoms with Crippen LogP contribution in [-0.2, 0) is 4.79 Å². The van der Waals surface area contributed by atoms with E-state index >= 15 is 0 Å². The summed E-state index contributed by atoms with van der Waals surface area (Å²) in [6, 6.07) is 0. The van der Waals surface area contributed by atoms with Crippen molar-refractivity contribution in [2.45, 2.75) is 32.1 Å². The first-order chi connectivity index (χ1) is 5.79. The van der Waals surface area contributed by atoms with Crippen molar-refractivity contribution in [2.75, 3.05) is 6.54 Å². The Morgan fingerprint density at radius 2 is 1.69 bits per heavy atom. The Hall–Kier alpha value is -0.810. The summed E-state index contributed by atoms with van der Waals surface area (Å²) in [5.41, 5.74) is -3.76. The van der Waals surface area contributed by atoms with Crippen LogP contribution >= 0.6 is 0 Å². The molecule has 0 bridgehead atoms. The van der Waals surface area contributed by atoms with Crippen LogP contribution < -0.4 is 5.32 Å². The Labute approximate surface area is 73.3 Å². The van der Waals surface area contributed by atoms with Crippen molar-refractivity contribution < 1.29 is 22.4 Å². The fourth-order valence-corrected chi connectivity index (χ4v) is 0.790. The molecule has 0 aliphatic heterocycles. The quantitative estimate of drug-likeness (QED) is 0.693. The summed E-state index contributed by atoms with van der Waals surface area (Å²) in [6.45, 7) is 2.37. The molecule has 13 heavy (non-hydrogen) atoms. The molecule has 1 amide bonds. The minimum absolute atomic E-state index is 0.0272. The van der Waals surface area contributed by atoms with E-state index in [9.17, 15) is 22.4 Å². The molecule has 0 aromatic heterocycles. The van der Waals surface area contributed by atoms with Gasteiger partial charge in [-0.2, -0.15) is 13.2 Å². The lowest BCUT2D eigenvalue weighted by Gasteiger charge is -2.24. The van der Waals surface area contributed by atoms with E-state index in [2.05, 4.69) is 0 Å². The van der Waals surface area contributed by atoms with Gasteiger partial charge in [0.2, 0.25) is 0 Å². The van der Waals surface area contributed by atoms with Gasteiger partial charge < -0.3 is 5.32 Å². The van der Waals surface area contributed by atoms with Crippen LogP contribution in [0, 0.1) is 0 Å². The average Bonchev–Trinajstić information content (AvgIpc) is 2.01. The van der Waals surface area contributed by atoms with E-state index in [1.807, 2.05) is 5.32 Å². The van der Waals surface area contributed by atoms with Gasteiger partial charge in [0.25, 0.3) is 11.6 Å². The van der Waals surface area contributed by atoms with Crippen molar-refractivity contribution in [3.05, 3.63) is 0 Å². The highest BCUT2D eigenvalue weighted by molar-refractivity contribution is 5.85. The first-order valence-corrected chi connectivity index (χ1v) is 3.83. The zero-order valence-corrected chi connectivity index (χ0v) is 7.33. The van der Waals surface area contributed by atoms with Crippen LogP contribution in [0.3, 0.4) is 0 Å². The zero-order valence-electron chi connectivity index (χ0n) is 7.33. The van der Waals surface area contributed by atoms with Crippen LogP contribution in [0.4, 0.5) is 17.6 Å². The maximum atomic E-state index is 13.1. The minimum Gasteiger partial charge on any atom is -0.353 e. The zero-order chi connectivity index (χ0) is 10.7. The fourth-order valence-electron chi connectivity index (χ4n) is 0.790. The van der Waals surface area contributed by atoms with Gasteiger partial charge in [0, 0.05) is 6.54 Å². The van der Waals surface area contributed by atoms with Gasteiger partial charge in [0.15, 0.2) is 0 Å². The van der Waals surface area contributed by atoms with E-state index in [1.54, 1.807) is 0 Å². The monoisotopic (exact) mass is 201 g/mol. The number of hydrogen-bond acceptors (Lipinski definition) is 1. The van der Waals surface area contributed by atoms with Gasteiger partial charge in [-0.25, -0.2) is 4.39 Å². The normalized spacial score (nSPS) is 16.5. The predicted octanol–water partition coefficient (Wildman–Crippen LogP) is 1.80. The number of carbonyl (C=O) groups excluding carboxylic acids is 1. The number of carbonyl (C=O) groups is 1. The molecule has 1 unspecified atom stereocenters. The van der Waals surface area contributed by atoms with E-state index in [0.29, 0.717) is 0 Å². The van der Waals surface area contributed by atoms with Crippen LogP contribution in [0.1, 0.15) is 20.3 Å². The lowest BCUT2D eigenvalue weighted by atomic mass is 10.0. The third-order valence-electron chi connectivity index (χ3n) is 1.63. The number of hydrogen-bond donors (Lipinski definition) is 1. The summed E-state index contributed by atoms with van der Waals surface area (Å²) in [5, 5.41) is 1.81. The molecule has 0 fully saturated rings. The van der Waals surface area contributed by atoms with Gasteiger partial charge in [-0.05, 0) is 13.3 Å². The molecule has 0 rings (SSSR count). The van der Waals surface area contributed by atoms with Crippen molar-refractivity contribution in [1.29, 1.82) is 0 Å². The molecule has 0 aromatic rings. The molecule has 0 saturated heterocycles. The SMILES string of the molecule is CCNC(=O)C(F)(CC)C(F)(F)F. The standard InChI is InChI=1S/C7H11F4NO/c1-3-6(8,7(9,10)11)5(13)12-4-2/h3-4H2,1-2H3,(H,12,13). The second-order valence-electron chi connectivity index (χ2n) is 2.51. The van der Waals surface area contributed by atoms with Crippen molar-refractivity contribution in [3.63, 3.8) is 0 Å². The van der Waals surface area contributed by atoms with Gasteiger partial charge in [0.05, 0.1) is 0 Å². The number of rotatable bonds is 3. The van der Waals surface area contributed by atoms with E-state index in [-0.39, 0.29) is 6.54 Å². The average molecular weight is 201 g/mol. The summed E-state index contributed by atoms with van der Waals surface area (Å²) < 4.78 is 49.2. The Morgan fingerprint density at radius 1 is 1.23 bits per heavy atom. The Morgan fingerprint density at radius 3 is 1.92 bits per heavy atom. The highest BCUT2D eigenvalue weighted by atomic mass is 19.4. The lowest BCUT2D eigenvalue weighted by Crippen LogP contribution is -2.53. The Bertz CT molecular complexity index is 191. The number of amides is 1. The van der Waals surface area contributed by atoms with Crippen LogP contribution in [0.2, 0.25) is 0 Å². The van der Waals surface area contributed by atoms with Crippen molar-refractivity contribution >= 4 is 5.91 Å². The molecule has 78 valence electrons. The van der Waals surface area contributed by atoms with Gasteiger partial charge >= 0.3 is 6.18 Å². The molecule has 1 N–H and O–H groups in total. The van der Waals surface area contributed by atoms with Crippen LogP contribution in [0.5, 0.6) is 0 Å². The van der Waals surface area contributed by atoms with Crippen LogP contribution in [0.15, 0.2) is 0 Å². The molecular formula is C7H11F4NO. The van der Waals surface area contributed by atoms with Crippen molar-refractivity contribution in [3.8, 4) is 0 Å². The third kappa shape index (κ3) is 2.32. The highest BCUT2D eigenvalue weighted by Gasteiger charge is 2.60. The van der Waals surface area contributed by atoms with E-state index in [0.717, 1.165) is 6.92 Å². The largest absolute Gasteiger partial charge is 0.431 e. The van der Waals surface area contributed by atoms with Gasteiger partial charge in [-0.1, -0.05) is 6.92 Å². The molecule has 0 saturated carbocycles. The molecule has 0 spiro atoms.